The van der Waals surface area contributed by atoms with Gasteiger partial charge < -0.3 is 15.8 Å². The minimum absolute atomic E-state index is 0.215. The van der Waals surface area contributed by atoms with E-state index in [2.05, 4.69) is 43.2 Å². The number of hydrogen-bond acceptors (Lipinski definition) is 4. The average molecular weight is 384 g/mol. The predicted molar refractivity (Wildman–Crippen MR) is 78.5 cm³/mol. The minimum atomic E-state index is 0.215. The molecule has 1 aromatic rings. The van der Waals surface area contributed by atoms with Gasteiger partial charge in [-0.2, -0.15) is 0 Å². The van der Waals surface area contributed by atoms with E-state index >= 15 is 0 Å². The first-order valence-corrected chi connectivity index (χ1v) is 8.10. The number of rotatable bonds is 5. The SMILES string of the molecule is NCC(NCC1CCCO1)c1cc(Br)c(Br)s1. The number of halogens is 2. The quantitative estimate of drug-likeness (QED) is 0.821. The minimum Gasteiger partial charge on any atom is -0.377 e. The maximum absolute atomic E-state index is 5.82. The summed E-state index contributed by atoms with van der Waals surface area (Å²) in [5, 5.41) is 3.49. The molecule has 3 N–H and O–H groups in total. The molecular formula is C11H16Br2N2OS. The zero-order chi connectivity index (χ0) is 12.3. The molecule has 0 aliphatic carbocycles. The predicted octanol–water partition coefficient (Wildman–Crippen LogP) is 3.04. The molecule has 1 aromatic heterocycles. The molecule has 96 valence electrons. The highest BCUT2D eigenvalue weighted by atomic mass is 79.9. The van der Waals surface area contributed by atoms with Gasteiger partial charge in [-0.25, -0.2) is 0 Å². The normalized spacial score (nSPS) is 21.9. The molecule has 0 spiro atoms. The molecule has 0 aromatic carbocycles. The Labute approximate surface area is 122 Å². The Balaban J connectivity index is 1.91. The van der Waals surface area contributed by atoms with Crippen LogP contribution < -0.4 is 11.1 Å². The van der Waals surface area contributed by atoms with Crippen LogP contribution in [0.4, 0.5) is 0 Å². The first-order valence-electron chi connectivity index (χ1n) is 5.70. The smallest absolute Gasteiger partial charge is 0.0843 e. The summed E-state index contributed by atoms with van der Waals surface area (Å²) in [6, 6.07) is 2.33. The van der Waals surface area contributed by atoms with Crippen LogP contribution in [0.1, 0.15) is 23.8 Å². The van der Waals surface area contributed by atoms with Gasteiger partial charge in [-0.15, -0.1) is 11.3 Å². The monoisotopic (exact) mass is 382 g/mol. The highest BCUT2D eigenvalue weighted by Crippen LogP contribution is 2.35. The summed E-state index contributed by atoms with van der Waals surface area (Å²) in [5.74, 6) is 0. The second-order valence-corrected chi connectivity index (χ2v) is 7.36. The van der Waals surface area contributed by atoms with E-state index in [0.717, 1.165) is 27.8 Å². The molecule has 6 heteroatoms. The maximum atomic E-state index is 5.82. The van der Waals surface area contributed by atoms with Crippen molar-refractivity contribution in [1.82, 2.24) is 5.32 Å². The summed E-state index contributed by atoms with van der Waals surface area (Å²) in [4.78, 5) is 1.25. The standard InChI is InChI=1S/C11H16Br2N2OS/c12-8-4-10(17-11(8)13)9(5-14)15-6-7-2-1-3-16-7/h4,7,9,15H,1-3,5-6,14H2. The number of nitrogens with one attached hydrogen (secondary N) is 1. The summed E-state index contributed by atoms with van der Waals surface area (Å²) in [7, 11) is 0. The van der Waals surface area contributed by atoms with Gasteiger partial charge in [0.05, 0.1) is 15.9 Å². The van der Waals surface area contributed by atoms with Crippen molar-refractivity contribution in [3.8, 4) is 0 Å². The van der Waals surface area contributed by atoms with Crippen molar-refractivity contribution < 1.29 is 4.74 Å². The molecule has 2 atom stereocenters. The van der Waals surface area contributed by atoms with Gasteiger partial charge in [0.1, 0.15) is 0 Å². The Bertz CT molecular complexity index is 347. The van der Waals surface area contributed by atoms with Crippen LogP contribution in [0.5, 0.6) is 0 Å². The molecule has 2 heterocycles. The lowest BCUT2D eigenvalue weighted by atomic mass is 10.2. The van der Waals surface area contributed by atoms with Gasteiger partial charge in [-0.1, -0.05) is 0 Å². The lowest BCUT2D eigenvalue weighted by Gasteiger charge is -2.18. The molecule has 0 bridgehead atoms. The fraction of sp³-hybridized carbons (Fsp3) is 0.636. The van der Waals surface area contributed by atoms with Crippen molar-refractivity contribution in [2.24, 2.45) is 5.73 Å². The molecule has 0 radical (unpaired) electrons. The fourth-order valence-electron chi connectivity index (χ4n) is 1.91. The third kappa shape index (κ3) is 3.75. The largest absolute Gasteiger partial charge is 0.377 e. The average Bonchev–Trinajstić information content (AvgIpc) is 2.91. The van der Waals surface area contributed by atoms with Crippen molar-refractivity contribution in [1.29, 1.82) is 0 Å². The second kappa shape index (κ2) is 6.63. The third-order valence-corrected chi connectivity index (χ3v) is 6.23. The Kier molecular flexibility index (Phi) is 5.45. The molecular weight excluding hydrogens is 368 g/mol. The third-order valence-electron chi connectivity index (χ3n) is 2.86. The van der Waals surface area contributed by atoms with Crippen LogP contribution in [0, 0.1) is 0 Å². The van der Waals surface area contributed by atoms with Crippen molar-refractivity contribution in [2.75, 3.05) is 19.7 Å². The summed E-state index contributed by atoms with van der Waals surface area (Å²) < 4.78 is 7.80. The molecule has 1 aliphatic rings. The molecule has 1 saturated heterocycles. The Morgan fingerprint density at radius 1 is 1.59 bits per heavy atom. The van der Waals surface area contributed by atoms with E-state index in [1.807, 2.05) is 0 Å². The van der Waals surface area contributed by atoms with E-state index in [4.69, 9.17) is 10.5 Å². The molecule has 17 heavy (non-hydrogen) atoms. The van der Waals surface area contributed by atoms with E-state index in [9.17, 15) is 0 Å². The first kappa shape index (κ1) is 14.0. The molecule has 0 saturated carbocycles. The molecule has 0 amide bonds. The lowest BCUT2D eigenvalue weighted by molar-refractivity contribution is 0.108. The Morgan fingerprint density at radius 2 is 2.41 bits per heavy atom. The topological polar surface area (TPSA) is 47.3 Å². The molecule has 2 unspecified atom stereocenters. The molecule has 2 rings (SSSR count). The van der Waals surface area contributed by atoms with Crippen LogP contribution in [0.3, 0.4) is 0 Å². The van der Waals surface area contributed by atoms with E-state index in [-0.39, 0.29) is 6.04 Å². The summed E-state index contributed by atoms with van der Waals surface area (Å²) in [6.45, 7) is 2.39. The van der Waals surface area contributed by atoms with Crippen molar-refractivity contribution >= 4 is 43.2 Å². The first-order chi connectivity index (χ1) is 8.20. The van der Waals surface area contributed by atoms with Gasteiger partial charge in [0, 0.05) is 29.0 Å². The maximum Gasteiger partial charge on any atom is 0.0843 e. The van der Waals surface area contributed by atoms with Gasteiger partial charge in [0.15, 0.2) is 0 Å². The molecule has 1 aliphatic heterocycles. The van der Waals surface area contributed by atoms with Crippen molar-refractivity contribution in [3.63, 3.8) is 0 Å². The van der Waals surface area contributed by atoms with Crippen molar-refractivity contribution in [3.05, 3.63) is 19.2 Å². The number of nitrogens with two attached hydrogens (primary N) is 1. The zero-order valence-electron chi connectivity index (χ0n) is 9.42. The summed E-state index contributed by atoms with van der Waals surface area (Å²) in [5.41, 5.74) is 5.82. The van der Waals surface area contributed by atoms with Crippen molar-refractivity contribution in [2.45, 2.75) is 25.0 Å². The Hall–Kier alpha value is 0.540. The summed E-state index contributed by atoms with van der Waals surface area (Å²) in [6.07, 6.45) is 2.69. The van der Waals surface area contributed by atoms with E-state index in [1.165, 1.54) is 11.3 Å². The van der Waals surface area contributed by atoms with Gasteiger partial charge in [0.25, 0.3) is 0 Å². The molecule has 1 fully saturated rings. The number of thiophene rings is 1. The van der Waals surface area contributed by atoms with E-state index in [0.29, 0.717) is 12.6 Å². The van der Waals surface area contributed by atoms with E-state index < -0.39 is 0 Å². The van der Waals surface area contributed by atoms with Crippen LogP contribution in [0.15, 0.2) is 14.3 Å². The van der Waals surface area contributed by atoms with Crippen LogP contribution in [0.25, 0.3) is 0 Å². The van der Waals surface area contributed by atoms with Crippen LogP contribution in [0.2, 0.25) is 0 Å². The van der Waals surface area contributed by atoms with E-state index in [1.54, 1.807) is 11.3 Å². The van der Waals surface area contributed by atoms with Crippen LogP contribution in [-0.4, -0.2) is 25.8 Å². The van der Waals surface area contributed by atoms with Gasteiger partial charge in [-0.05, 0) is 50.8 Å². The Morgan fingerprint density at radius 3 is 2.94 bits per heavy atom. The van der Waals surface area contributed by atoms with Crippen LogP contribution >= 0.6 is 43.2 Å². The molecule has 3 nitrogen and oxygen atoms in total. The summed E-state index contributed by atoms with van der Waals surface area (Å²) >= 11 is 8.73. The second-order valence-electron chi connectivity index (χ2n) is 4.10. The van der Waals surface area contributed by atoms with Gasteiger partial charge in [0.2, 0.25) is 0 Å². The van der Waals surface area contributed by atoms with Crippen LogP contribution in [-0.2, 0) is 4.74 Å². The zero-order valence-corrected chi connectivity index (χ0v) is 13.4. The highest BCUT2D eigenvalue weighted by Gasteiger charge is 2.19. The van der Waals surface area contributed by atoms with Gasteiger partial charge in [-0.3, -0.25) is 0 Å². The fourth-order valence-corrected chi connectivity index (χ4v) is 4.09. The lowest BCUT2D eigenvalue weighted by Crippen LogP contribution is -2.33. The van der Waals surface area contributed by atoms with Gasteiger partial charge >= 0.3 is 0 Å². The number of hydrogen-bond donors (Lipinski definition) is 2. The number of ether oxygens (including phenoxy) is 1. The highest BCUT2D eigenvalue weighted by molar-refractivity contribution is 9.13.